The van der Waals surface area contributed by atoms with Crippen LogP contribution < -0.4 is 10.1 Å². The maximum atomic E-state index is 13.0. The Bertz CT molecular complexity index is 1570. The molecule has 37 heavy (non-hydrogen) atoms. The molecular weight excluding hydrogens is 464 g/mol. The second-order valence-electron chi connectivity index (χ2n) is 9.36. The third kappa shape index (κ3) is 4.63. The van der Waals surface area contributed by atoms with E-state index in [1.54, 1.807) is 6.07 Å². The lowest BCUT2D eigenvalue weighted by molar-refractivity contribution is 0.0942. The number of amides is 1. The molecule has 5 aromatic rings. The molecule has 7 heteroatoms. The first-order valence-electron chi connectivity index (χ1n) is 12.3. The summed E-state index contributed by atoms with van der Waals surface area (Å²) in [5.41, 5.74) is 7.06. The topological polar surface area (TPSA) is 82.2 Å². The average molecular weight is 491 g/mol. The molecule has 2 aromatic heterocycles. The molecule has 1 amide bonds. The number of ether oxygens (including phenoxy) is 1. The van der Waals surface area contributed by atoms with E-state index in [0.717, 1.165) is 45.8 Å². The van der Waals surface area contributed by atoms with E-state index in [1.165, 1.54) is 5.56 Å². The van der Waals surface area contributed by atoms with E-state index in [4.69, 9.17) is 14.4 Å². The van der Waals surface area contributed by atoms with Gasteiger partial charge in [-0.2, -0.15) is 5.10 Å². The van der Waals surface area contributed by atoms with E-state index in [0.29, 0.717) is 5.76 Å². The highest BCUT2D eigenvalue weighted by atomic mass is 16.5. The van der Waals surface area contributed by atoms with E-state index < -0.39 is 0 Å². The van der Waals surface area contributed by atoms with E-state index in [9.17, 15) is 4.79 Å². The summed E-state index contributed by atoms with van der Waals surface area (Å²) in [7, 11) is 0. The molecular formula is C30H26N4O3. The summed E-state index contributed by atoms with van der Waals surface area (Å²) >= 11 is 0. The molecule has 0 aliphatic carbocycles. The van der Waals surface area contributed by atoms with Crippen LogP contribution in [0.1, 0.15) is 34.1 Å². The monoisotopic (exact) mass is 490 g/mol. The second-order valence-corrected chi connectivity index (χ2v) is 9.36. The van der Waals surface area contributed by atoms with Gasteiger partial charge in [-0.15, -0.1) is 0 Å². The van der Waals surface area contributed by atoms with Gasteiger partial charge in [-0.25, -0.2) is 4.68 Å². The molecule has 1 aliphatic rings. The smallest absolute Gasteiger partial charge is 0.273 e. The molecule has 0 fully saturated rings. The van der Waals surface area contributed by atoms with E-state index >= 15 is 0 Å². The molecule has 0 saturated heterocycles. The number of aromatic nitrogens is 3. The van der Waals surface area contributed by atoms with Crippen molar-refractivity contribution in [2.75, 3.05) is 0 Å². The van der Waals surface area contributed by atoms with Crippen molar-refractivity contribution in [3.8, 4) is 34.0 Å². The Morgan fingerprint density at radius 1 is 1.03 bits per heavy atom. The van der Waals surface area contributed by atoms with Crippen LogP contribution >= 0.6 is 0 Å². The SMILES string of the molecule is Cc1ccc(-c2cc(C(=O)NCc3cn(-c4ccccc4)nc3-c3ccc4c(c3)CC(C)O4)no2)cc1. The summed E-state index contributed by atoms with van der Waals surface area (Å²) in [5.74, 6) is 1.16. The van der Waals surface area contributed by atoms with E-state index in [-0.39, 0.29) is 24.2 Å². The molecule has 3 aromatic carbocycles. The highest BCUT2D eigenvalue weighted by molar-refractivity contribution is 5.93. The number of rotatable bonds is 6. The first kappa shape index (κ1) is 22.8. The fourth-order valence-corrected chi connectivity index (χ4v) is 4.57. The van der Waals surface area contributed by atoms with Gasteiger partial charge in [-0.05, 0) is 49.7 Å². The molecule has 3 heterocycles. The fraction of sp³-hybridized carbons (Fsp3) is 0.167. The number of aryl methyl sites for hydroxylation is 1. The van der Waals surface area contributed by atoms with Crippen molar-refractivity contribution in [2.24, 2.45) is 0 Å². The maximum Gasteiger partial charge on any atom is 0.273 e. The number of carbonyl (C=O) groups excluding carboxylic acids is 1. The summed E-state index contributed by atoms with van der Waals surface area (Å²) in [4.78, 5) is 13.0. The van der Waals surface area contributed by atoms with Crippen molar-refractivity contribution in [3.63, 3.8) is 0 Å². The number of hydrogen-bond acceptors (Lipinski definition) is 5. The molecule has 0 bridgehead atoms. The highest BCUT2D eigenvalue weighted by Crippen LogP contribution is 2.34. The van der Waals surface area contributed by atoms with Gasteiger partial charge in [-0.3, -0.25) is 4.79 Å². The van der Waals surface area contributed by atoms with Crippen LogP contribution in [0.2, 0.25) is 0 Å². The summed E-state index contributed by atoms with van der Waals surface area (Å²) in [6.07, 6.45) is 2.99. The number of nitrogens with zero attached hydrogens (tertiary/aromatic N) is 3. The lowest BCUT2D eigenvalue weighted by atomic mass is 10.0. The van der Waals surface area contributed by atoms with Crippen LogP contribution in [0.4, 0.5) is 0 Å². The zero-order chi connectivity index (χ0) is 25.4. The highest BCUT2D eigenvalue weighted by Gasteiger charge is 2.22. The van der Waals surface area contributed by atoms with Crippen LogP contribution in [0.25, 0.3) is 28.3 Å². The van der Waals surface area contributed by atoms with Crippen LogP contribution in [0.3, 0.4) is 0 Å². The van der Waals surface area contributed by atoms with Crippen molar-refractivity contribution in [1.29, 1.82) is 0 Å². The summed E-state index contributed by atoms with van der Waals surface area (Å²) in [6, 6.07) is 25.6. The lowest BCUT2D eigenvalue weighted by Crippen LogP contribution is -2.23. The Morgan fingerprint density at radius 2 is 1.81 bits per heavy atom. The Morgan fingerprint density at radius 3 is 2.62 bits per heavy atom. The number of para-hydroxylation sites is 1. The van der Waals surface area contributed by atoms with Crippen LogP contribution in [0.5, 0.6) is 5.75 Å². The Kier molecular flexibility index (Phi) is 5.81. The van der Waals surface area contributed by atoms with Crippen molar-refractivity contribution >= 4 is 5.91 Å². The number of carbonyl (C=O) groups is 1. The predicted octanol–water partition coefficient (Wildman–Crippen LogP) is 5.76. The molecule has 184 valence electrons. The third-order valence-electron chi connectivity index (χ3n) is 6.50. The number of fused-ring (bicyclic) bond motifs is 1. The van der Waals surface area contributed by atoms with Gasteiger partial charge in [0.15, 0.2) is 11.5 Å². The zero-order valence-corrected chi connectivity index (χ0v) is 20.6. The zero-order valence-electron chi connectivity index (χ0n) is 20.6. The van der Waals surface area contributed by atoms with Gasteiger partial charge in [0.05, 0.1) is 11.4 Å². The Hall–Kier alpha value is -4.65. The Labute approximate surface area is 214 Å². The van der Waals surface area contributed by atoms with Gasteiger partial charge < -0.3 is 14.6 Å². The van der Waals surface area contributed by atoms with Crippen molar-refractivity contribution in [3.05, 3.63) is 107 Å². The summed E-state index contributed by atoms with van der Waals surface area (Å²) < 4.78 is 13.1. The first-order valence-corrected chi connectivity index (χ1v) is 12.3. The van der Waals surface area contributed by atoms with Gasteiger partial charge >= 0.3 is 0 Å². The number of nitrogens with one attached hydrogen (secondary N) is 1. The lowest BCUT2D eigenvalue weighted by Gasteiger charge is -2.06. The van der Waals surface area contributed by atoms with Crippen molar-refractivity contribution in [2.45, 2.75) is 32.9 Å². The number of benzene rings is 3. The molecule has 6 rings (SSSR count). The molecule has 1 aliphatic heterocycles. The molecule has 0 radical (unpaired) electrons. The van der Waals surface area contributed by atoms with Gasteiger partial charge in [0.1, 0.15) is 11.9 Å². The van der Waals surface area contributed by atoms with Gasteiger partial charge in [0.2, 0.25) is 0 Å². The standard InChI is InChI=1S/C30H26N4O3/c1-19-8-10-21(11-9-19)28-16-26(33-37-28)30(35)31-17-24-18-34(25-6-4-3-5-7-25)32-29(24)22-12-13-27-23(15-22)14-20(2)36-27/h3-13,15-16,18,20H,14,17H2,1-2H3,(H,31,35). The quantitative estimate of drug-likeness (QED) is 0.327. The minimum atomic E-state index is -0.309. The third-order valence-corrected chi connectivity index (χ3v) is 6.50. The molecule has 0 spiro atoms. The van der Waals surface area contributed by atoms with Gasteiger partial charge in [0, 0.05) is 41.9 Å². The average Bonchev–Trinajstić information content (AvgIpc) is 3.65. The van der Waals surface area contributed by atoms with Crippen molar-refractivity contribution < 1.29 is 14.1 Å². The Balaban J connectivity index is 1.26. The summed E-state index contributed by atoms with van der Waals surface area (Å²) in [5, 5.41) is 11.9. The van der Waals surface area contributed by atoms with Gasteiger partial charge in [-0.1, -0.05) is 53.2 Å². The first-order chi connectivity index (χ1) is 18.0. The minimum absolute atomic E-state index is 0.165. The number of hydrogen-bond donors (Lipinski definition) is 1. The second kappa shape index (κ2) is 9.43. The van der Waals surface area contributed by atoms with Crippen LogP contribution in [-0.2, 0) is 13.0 Å². The van der Waals surface area contributed by atoms with Crippen LogP contribution in [0, 0.1) is 6.92 Å². The molecule has 1 unspecified atom stereocenters. The molecule has 1 atom stereocenters. The van der Waals surface area contributed by atoms with Crippen LogP contribution in [-0.4, -0.2) is 26.9 Å². The largest absolute Gasteiger partial charge is 0.490 e. The normalized spacial score (nSPS) is 14.3. The molecule has 1 N–H and O–H groups in total. The van der Waals surface area contributed by atoms with Crippen LogP contribution in [0.15, 0.2) is 89.6 Å². The van der Waals surface area contributed by atoms with Crippen molar-refractivity contribution in [1.82, 2.24) is 20.3 Å². The van der Waals surface area contributed by atoms with Gasteiger partial charge in [0.25, 0.3) is 5.91 Å². The summed E-state index contributed by atoms with van der Waals surface area (Å²) in [6.45, 7) is 4.38. The van der Waals surface area contributed by atoms with E-state index in [2.05, 4.69) is 23.5 Å². The minimum Gasteiger partial charge on any atom is -0.490 e. The van der Waals surface area contributed by atoms with E-state index in [1.807, 2.05) is 84.5 Å². The predicted molar refractivity (Wildman–Crippen MR) is 141 cm³/mol. The maximum absolute atomic E-state index is 13.0. The molecule has 7 nitrogen and oxygen atoms in total. The fourth-order valence-electron chi connectivity index (χ4n) is 4.57. The molecule has 0 saturated carbocycles.